The van der Waals surface area contributed by atoms with Crippen molar-refractivity contribution in [3.63, 3.8) is 0 Å². The van der Waals surface area contributed by atoms with Crippen molar-refractivity contribution >= 4 is 21.4 Å². The quantitative estimate of drug-likeness (QED) is 0.768. The predicted molar refractivity (Wildman–Crippen MR) is 93.0 cm³/mol. The molecule has 1 N–H and O–H groups in total. The minimum Gasteiger partial charge on any atom is -0.371 e. The van der Waals surface area contributed by atoms with Crippen molar-refractivity contribution in [2.75, 3.05) is 0 Å². The second kappa shape index (κ2) is 6.91. The van der Waals surface area contributed by atoms with E-state index in [0.717, 1.165) is 13.0 Å². The molecule has 0 aliphatic heterocycles. The summed E-state index contributed by atoms with van der Waals surface area (Å²) in [6.07, 6.45) is 1.02. The molecule has 0 atom stereocenters. The van der Waals surface area contributed by atoms with Crippen LogP contribution in [0.2, 0.25) is 0 Å². The number of ether oxygens (including phenoxy) is 1. The smallest absolute Gasteiger partial charge is 0.0741 e. The van der Waals surface area contributed by atoms with Gasteiger partial charge in [-0.1, -0.05) is 39.0 Å². The Kier molecular flexibility index (Phi) is 5.42. The monoisotopic (exact) mass is 305 g/mol. The van der Waals surface area contributed by atoms with E-state index in [1.54, 1.807) is 0 Å². The van der Waals surface area contributed by atoms with E-state index in [0.29, 0.717) is 12.6 Å². The first-order valence-corrected chi connectivity index (χ1v) is 8.61. The number of benzene rings is 1. The Morgan fingerprint density at radius 2 is 1.95 bits per heavy atom. The number of thiophene rings is 1. The highest BCUT2D eigenvalue weighted by Crippen LogP contribution is 2.33. The predicted octanol–water partition coefficient (Wildman–Crippen LogP) is 5.10. The molecule has 0 bridgehead atoms. The summed E-state index contributed by atoms with van der Waals surface area (Å²) in [5.41, 5.74) is 1.29. The average Bonchev–Trinajstić information content (AvgIpc) is 2.81. The third-order valence-electron chi connectivity index (χ3n) is 3.91. The Morgan fingerprint density at radius 1 is 1.24 bits per heavy atom. The van der Waals surface area contributed by atoms with E-state index in [2.05, 4.69) is 64.2 Å². The van der Waals surface area contributed by atoms with Gasteiger partial charge in [0.1, 0.15) is 0 Å². The molecule has 2 nitrogen and oxygen atoms in total. The lowest BCUT2D eigenvalue weighted by molar-refractivity contribution is -0.0312. The molecule has 116 valence electrons. The maximum absolute atomic E-state index is 6.16. The van der Waals surface area contributed by atoms with Crippen LogP contribution in [0.4, 0.5) is 0 Å². The van der Waals surface area contributed by atoms with E-state index in [9.17, 15) is 0 Å². The highest BCUT2D eigenvalue weighted by atomic mass is 32.1. The Balaban J connectivity index is 2.27. The molecule has 2 aromatic rings. The van der Waals surface area contributed by atoms with E-state index < -0.39 is 0 Å². The van der Waals surface area contributed by atoms with Gasteiger partial charge < -0.3 is 10.1 Å². The molecule has 2 rings (SSSR count). The molecule has 21 heavy (non-hydrogen) atoms. The summed E-state index contributed by atoms with van der Waals surface area (Å²) in [7, 11) is 0. The van der Waals surface area contributed by atoms with E-state index >= 15 is 0 Å². The Morgan fingerprint density at radius 3 is 2.62 bits per heavy atom. The number of hydrogen-bond donors (Lipinski definition) is 1. The van der Waals surface area contributed by atoms with Crippen molar-refractivity contribution in [1.82, 2.24) is 5.32 Å². The molecule has 0 spiro atoms. The Bertz CT molecular complexity index is 586. The van der Waals surface area contributed by atoms with Crippen LogP contribution in [0.15, 0.2) is 24.3 Å². The van der Waals surface area contributed by atoms with Gasteiger partial charge in [-0.05, 0) is 31.7 Å². The van der Waals surface area contributed by atoms with Crippen molar-refractivity contribution in [1.29, 1.82) is 0 Å². The summed E-state index contributed by atoms with van der Waals surface area (Å²) in [6, 6.07) is 9.13. The van der Waals surface area contributed by atoms with Crippen LogP contribution >= 0.6 is 11.3 Å². The van der Waals surface area contributed by atoms with Crippen LogP contribution < -0.4 is 5.32 Å². The maximum Gasteiger partial charge on any atom is 0.0741 e. The third-order valence-corrected chi connectivity index (χ3v) is 5.12. The summed E-state index contributed by atoms with van der Waals surface area (Å²) in [5, 5.41) is 4.87. The van der Waals surface area contributed by atoms with Gasteiger partial charge in [-0.25, -0.2) is 0 Å². The van der Waals surface area contributed by atoms with Gasteiger partial charge in [-0.3, -0.25) is 0 Å². The fourth-order valence-corrected chi connectivity index (χ4v) is 3.28. The second-order valence-electron chi connectivity index (χ2n) is 6.44. The summed E-state index contributed by atoms with van der Waals surface area (Å²) in [4.78, 5) is 1.40. The van der Waals surface area contributed by atoms with Gasteiger partial charge in [0.05, 0.1) is 12.2 Å². The average molecular weight is 305 g/mol. The standard InChI is InChI=1S/C18H27NOS/c1-6-18(4,5)20-12-15-14-9-7-8-10-16(14)21-17(15)11-19-13(2)3/h7-10,13,19H,6,11-12H2,1-5H3. The molecule has 3 heteroatoms. The van der Waals surface area contributed by atoms with Crippen molar-refractivity contribution in [3.8, 4) is 0 Å². The fraction of sp³-hybridized carbons (Fsp3) is 0.556. The van der Waals surface area contributed by atoms with Crippen LogP contribution in [-0.2, 0) is 17.9 Å². The molecular weight excluding hydrogens is 278 g/mol. The van der Waals surface area contributed by atoms with E-state index in [4.69, 9.17) is 4.74 Å². The molecule has 0 amide bonds. The van der Waals surface area contributed by atoms with E-state index in [1.807, 2.05) is 11.3 Å². The zero-order valence-corrected chi connectivity index (χ0v) is 14.6. The normalized spacial score (nSPS) is 12.5. The van der Waals surface area contributed by atoms with Crippen LogP contribution in [-0.4, -0.2) is 11.6 Å². The van der Waals surface area contributed by atoms with Crippen LogP contribution in [0.3, 0.4) is 0 Å². The lowest BCUT2D eigenvalue weighted by Gasteiger charge is -2.24. The molecule has 0 radical (unpaired) electrons. The largest absolute Gasteiger partial charge is 0.371 e. The maximum atomic E-state index is 6.16. The van der Waals surface area contributed by atoms with Crippen molar-refractivity contribution < 1.29 is 4.74 Å². The van der Waals surface area contributed by atoms with Crippen LogP contribution in [0.25, 0.3) is 10.1 Å². The highest BCUT2D eigenvalue weighted by Gasteiger charge is 2.18. The van der Waals surface area contributed by atoms with E-state index in [1.165, 1.54) is 20.5 Å². The minimum absolute atomic E-state index is 0.0637. The van der Waals surface area contributed by atoms with E-state index in [-0.39, 0.29) is 5.60 Å². The lowest BCUT2D eigenvalue weighted by Crippen LogP contribution is -2.24. The second-order valence-corrected chi connectivity index (χ2v) is 7.57. The van der Waals surface area contributed by atoms with Gasteiger partial charge in [0.25, 0.3) is 0 Å². The molecule has 1 aromatic heterocycles. The molecule has 1 aromatic carbocycles. The minimum atomic E-state index is -0.0637. The molecule has 0 fully saturated rings. The molecule has 0 aliphatic carbocycles. The van der Waals surface area contributed by atoms with Gasteiger partial charge in [-0.15, -0.1) is 11.3 Å². The SMILES string of the molecule is CCC(C)(C)OCc1c(CNC(C)C)sc2ccccc12. The van der Waals surface area contributed by atoms with Crippen LogP contribution in [0.1, 0.15) is 51.5 Å². The highest BCUT2D eigenvalue weighted by molar-refractivity contribution is 7.19. The molecular formula is C18H27NOS. The van der Waals surface area contributed by atoms with Crippen LogP contribution in [0, 0.1) is 0 Å². The third kappa shape index (κ3) is 4.29. The molecule has 0 saturated heterocycles. The zero-order chi connectivity index (χ0) is 15.5. The summed E-state index contributed by atoms with van der Waals surface area (Å²) >= 11 is 1.88. The number of nitrogens with one attached hydrogen (secondary N) is 1. The summed E-state index contributed by atoms with van der Waals surface area (Å²) < 4.78 is 7.51. The van der Waals surface area contributed by atoms with Gasteiger partial charge in [0.2, 0.25) is 0 Å². The molecule has 0 unspecified atom stereocenters. The first-order valence-electron chi connectivity index (χ1n) is 7.79. The van der Waals surface area contributed by atoms with Crippen molar-refractivity contribution in [3.05, 3.63) is 34.7 Å². The summed E-state index contributed by atoms with van der Waals surface area (Å²) in [5.74, 6) is 0. The number of rotatable bonds is 7. The number of hydrogen-bond acceptors (Lipinski definition) is 3. The van der Waals surface area contributed by atoms with Crippen molar-refractivity contribution in [2.45, 2.75) is 65.8 Å². The van der Waals surface area contributed by atoms with Gasteiger partial charge in [0, 0.05) is 27.7 Å². The molecule has 0 saturated carbocycles. The van der Waals surface area contributed by atoms with Gasteiger partial charge in [-0.2, -0.15) is 0 Å². The topological polar surface area (TPSA) is 21.3 Å². The lowest BCUT2D eigenvalue weighted by atomic mass is 10.1. The summed E-state index contributed by atoms with van der Waals surface area (Å²) in [6.45, 7) is 12.5. The fourth-order valence-electron chi connectivity index (χ4n) is 2.12. The van der Waals surface area contributed by atoms with Gasteiger partial charge in [0.15, 0.2) is 0 Å². The van der Waals surface area contributed by atoms with Crippen LogP contribution in [0.5, 0.6) is 0 Å². The Labute approximate surface area is 132 Å². The molecule has 0 aliphatic rings. The zero-order valence-electron chi connectivity index (χ0n) is 13.8. The van der Waals surface area contributed by atoms with Gasteiger partial charge >= 0.3 is 0 Å². The van der Waals surface area contributed by atoms with Crippen molar-refractivity contribution in [2.24, 2.45) is 0 Å². The first kappa shape index (κ1) is 16.5. The Hall–Kier alpha value is -0.900. The first-order chi connectivity index (χ1) is 9.93. The molecule has 1 heterocycles. The number of fused-ring (bicyclic) bond motifs is 1.